The standard InChI is InChI=1S/C15H33N3/c1-5-9-16-14(2)8-6-7-10-18-12-11-17(4)13-15(18)3/h14-16H,5-13H2,1-4H3. The maximum atomic E-state index is 3.57. The lowest BCUT2D eigenvalue weighted by Gasteiger charge is -2.38. The monoisotopic (exact) mass is 255 g/mol. The first-order chi connectivity index (χ1) is 8.63. The van der Waals surface area contributed by atoms with Crippen molar-refractivity contribution in [1.29, 1.82) is 0 Å². The van der Waals surface area contributed by atoms with Crippen LogP contribution in [0, 0.1) is 0 Å². The SMILES string of the molecule is CCCNC(C)CCCCN1CCN(C)CC1C. The molecule has 0 aromatic rings. The number of unbranched alkanes of at least 4 members (excludes halogenated alkanes) is 1. The van der Waals surface area contributed by atoms with Crippen LogP contribution in [0.2, 0.25) is 0 Å². The lowest BCUT2D eigenvalue weighted by Crippen LogP contribution is -2.50. The van der Waals surface area contributed by atoms with Crippen molar-refractivity contribution < 1.29 is 0 Å². The fourth-order valence-electron chi connectivity index (χ4n) is 2.77. The summed E-state index contributed by atoms with van der Waals surface area (Å²) >= 11 is 0. The molecule has 0 aromatic heterocycles. The van der Waals surface area contributed by atoms with Gasteiger partial charge in [0.2, 0.25) is 0 Å². The highest BCUT2D eigenvalue weighted by molar-refractivity contribution is 4.77. The summed E-state index contributed by atoms with van der Waals surface area (Å²) in [6.45, 7) is 13.1. The van der Waals surface area contributed by atoms with E-state index in [4.69, 9.17) is 0 Å². The van der Waals surface area contributed by atoms with Gasteiger partial charge in [-0.3, -0.25) is 4.90 Å². The van der Waals surface area contributed by atoms with Gasteiger partial charge in [0.15, 0.2) is 0 Å². The molecule has 1 heterocycles. The zero-order chi connectivity index (χ0) is 13.4. The van der Waals surface area contributed by atoms with Gasteiger partial charge in [-0.2, -0.15) is 0 Å². The molecule has 0 saturated carbocycles. The quantitative estimate of drug-likeness (QED) is 0.671. The number of rotatable bonds is 8. The fourth-order valence-corrected chi connectivity index (χ4v) is 2.77. The molecule has 0 radical (unpaired) electrons. The summed E-state index contributed by atoms with van der Waals surface area (Å²) in [5, 5.41) is 3.57. The maximum Gasteiger partial charge on any atom is 0.0195 e. The Hall–Kier alpha value is -0.120. The Balaban J connectivity index is 2.03. The van der Waals surface area contributed by atoms with E-state index in [9.17, 15) is 0 Å². The Morgan fingerprint density at radius 2 is 2.06 bits per heavy atom. The molecule has 1 aliphatic rings. The highest BCUT2D eigenvalue weighted by Gasteiger charge is 2.20. The predicted molar refractivity (Wildman–Crippen MR) is 80.1 cm³/mol. The molecule has 0 aliphatic carbocycles. The highest BCUT2D eigenvalue weighted by atomic mass is 15.3. The molecule has 1 fully saturated rings. The number of nitrogens with zero attached hydrogens (tertiary/aromatic N) is 2. The van der Waals surface area contributed by atoms with Gasteiger partial charge in [-0.15, -0.1) is 0 Å². The third kappa shape index (κ3) is 6.17. The van der Waals surface area contributed by atoms with E-state index in [1.807, 2.05) is 0 Å². The second-order valence-electron chi connectivity index (χ2n) is 6.00. The zero-order valence-corrected chi connectivity index (χ0v) is 12.9. The lowest BCUT2D eigenvalue weighted by atomic mass is 10.1. The summed E-state index contributed by atoms with van der Waals surface area (Å²) in [6, 6.07) is 1.43. The summed E-state index contributed by atoms with van der Waals surface area (Å²) in [4.78, 5) is 5.10. The summed E-state index contributed by atoms with van der Waals surface area (Å²) < 4.78 is 0. The molecule has 1 N–H and O–H groups in total. The van der Waals surface area contributed by atoms with Gasteiger partial charge in [0.05, 0.1) is 0 Å². The molecule has 3 heteroatoms. The second-order valence-corrected chi connectivity index (χ2v) is 6.00. The van der Waals surface area contributed by atoms with Crippen molar-refractivity contribution >= 4 is 0 Å². The van der Waals surface area contributed by atoms with Crippen LogP contribution < -0.4 is 5.32 Å². The molecule has 1 aliphatic heterocycles. The van der Waals surface area contributed by atoms with Crippen LogP contribution in [0.25, 0.3) is 0 Å². The van der Waals surface area contributed by atoms with Crippen molar-refractivity contribution in [2.75, 3.05) is 39.8 Å². The van der Waals surface area contributed by atoms with Crippen LogP contribution >= 0.6 is 0 Å². The molecule has 18 heavy (non-hydrogen) atoms. The van der Waals surface area contributed by atoms with Crippen LogP contribution in [-0.4, -0.2) is 61.7 Å². The Labute approximate surface area is 114 Å². The average molecular weight is 255 g/mol. The van der Waals surface area contributed by atoms with E-state index in [2.05, 4.69) is 42.9 Å². The van der Waals surface area contributed by atoms with Crippen molar-refractivity contribution in [3.63, 3.8) is 0 Å². The molecule has 0 spiro atoms. The minimum absolute atomic E-state index is 0.690. The fraction of sp³-hybridized carbons (Fsp3) is 1.00. The molecule has 1 rings (SSSR count). The van der Waals surface area contributed by atoms with Crippen molar-refractivity contribution in [2.45, 2.75) is 58.5 Å². The number of hydrogen-bond acceptors (Lipinski definition) is 3. The molecule has 2 atom stereocenters. The number of nitrogens with one attached hydrogen (secondary N) is 1. The Morgan fingerprint density at radius 3 is 2.72 bits per heavy atom. The van der Waals surface area contributed by atoms with Crippen molar-refractivity contribution in [3.05, 3.63) is 0 Å². The largest absolute Gasteiger partial charge is 0.314 e. The van der Waals surface area contributed by atoms with Gasteiger partial charge in [0.1, 0.15) is 0 Å². The molecule has 0 bridgehead atoms. The van der Waals surface area contributed by atoms with E-state index in [1.54, 1.807) is 0 Å². The highest BCUT2D eigenvalue weighted by Crippen LogP contribution is 2.10. The van der Waals surface area contributed by atoms with E-state index in [1.165, 1.54) is 51.9 Å². The molecule has 0 amide bonds. The lowest BCUT2D eigenvalue weighted by molar-refractivity contribution is 0.0982. The minimum atomic E-state index is 0.690. The molecular weight excluding hydrogens is 222 g/mol. The van der Waals surface area contributed by atoms with Gasteiger partial charge in [-0.25, -0.2) is 0 Å². The van der Waals surface area contributed by atoms with Crippen LogP contribution in [0.5, 0.6) is 0 Å². The summed E-state index contributed by atoms with van der Waals surface area (Å²) in [7, 11) is 2.23. The first-order valence-corrected chi connectivity index (χ1v) is 7.79. The van der Waals surface area contributed by atoms with Gasteiger partial charge in [0, 0.05) is 31.7 Å². The van der Waals surface area contributed by atoms with Crippen LogP contribution in [0.4, 0.5) is 0 Å². The van der Waals surface area contributed by atoms with E-state index in [-0.39, 0.29) is 0 Å². The van der Waals surface area contributed by atoms with E-state index >= 15 is 0 Å². The summed E-state index contributed by atoms with van der Waals surface area (Å²) in [5.74, 6) is 0. The molecule has 108 valence electrons. The maximum absolute atomic E-state index is 3.57. The van der Waals surface area contributed by atoms with Gasteiger partial charge in [0.25, 0.3) is 0 Å². The first kappa shape index (κ1) is 15.9. The number of hydrogen-bond donors (Lipinski definition) is 1. The normalized spacial score (nSPS) is 24.3. The van der Waals surface area contributed by atoms with Crippen LogP contribution in [0.1, 0.15) is 46.5 Å². The number of likely N-dealkylation sites (N-methyl/N-ethyl adjacent to an activating group) is 1. The Kier molecular flexibility index (Phi) is 7.87. The van der Waals surface area contributed by atoms with Crippen LogP contribution in [0.3, 0.4) is 0 Å². The average Bonchev–Trinajstić information content (AvgIpc) is 2.34. The third-order valence-electron chi connectivity index (χ3n) is 4.04. The molecule has 1 saturated heterocycles. The van der Waals surface area contributed by atoms with Gasteiger partial charge < -0.3 is 10.2 Å². The van der Waals surface area contributed by atoms with E-state index in [0.717, 1.165) is 12.6 Å². The second kappa shape index (κ2) is 8.89. The molecular formula is C15H33N3. The van der Waals surface area contributed by atoms with E-state index in [0.29, 0.717) is 6.04 Å². The summed E-state index contributed by atoms with van der Waals surface area (Å²) in [6.07, 6.45) is 5.27. The first-order valence-electron chi connectivity index (χ1n) is 7.79. The molecule has 0 aromatic carbocycles. The summed E-state index contributed by atoms with van der Waals surface area (Å²) in [5.41, 5.74) is 0. The van der Waals surface area contributed by atoms with Crippen molar-refractivity contribution in [3.8, 4) is 0 Å². The minimum Gasteiger partial charge on any atom is -0.314 e. The Morgan fingerprint density at radius 1 is 1.28 bits per heavy atom. The number of piperazine rings is 1. The van der Waals surface area contributed by atoms with Crippen LogP contribution in [0.15, 0.2) is 0 Å². The molecule has 2 unspecified atom stereocenters. The van der Waals surface area contributed by atoms with Gasteiger partial charge in [-0.05, 0) is 53.2 Å². The van der Waals surface area contributed by atoms with Crippen LogP contribution in [-0.2, 0) is 0 Å². The zero-order valence-electron chi connectivity index (χ0n) is 12.9. The van der Waals surface area contributed by atoms with Gasteiger partial charge >= 0.3 is 0 Å². The van der Waals surface area contributed by atoms with E-state index < -0.39 is 0 Å². The van der Waals surface area contributed by atoms with Crippen molar-refractivity contribution in [2.24, 2.45) is 0 Å². The predicted octanol–water partition coefficient (Wildman–Crippen LogP) is 2.18. The van der Waals surface area contributed by atoms with Crippen molar-refractivity contribution in [1.82, 2.24) is 15.1 Å². The topological polar surface area (TPSA) is 18.5 Å². The third-order valence-corrected chi connectivity index (χ3v) is 4.04. The molecule has 3 nitrogen and oxygen atoms in total. The Bertz CT molecular complexity index is 208. The van der Waals surface area contributed by atoms with Gasteiger partial charge in [-0.1, -0.05) is 13.3 Å². The smallest absolute Gasteiger partial charge is 0.0195 e.